The molecule has 0 bridgehead atoms. The summed E-state index contributed by atoms with van der Waals surface area (Å²) >= 11 is 0. The SMILES string of the molecule is CCC1(CC)CN(c2nc3ccccc3[nH]2)CCS1=O. The van der Waals surface area contributed by atoms with Crippen LogP contribution in [0.25, 0.3) is 11.0 Å². The third-order valence-electron chi connectivity index (χ3n) is 4.47. The Labute approximate surface area is 122 Å². The van der Waals surface area contributed by atoms with Crippen LogP contribution in [0.3, 0.4) is 0 Å². The Morgan fingerprint density at radius 3 is 2.80 bits per heavy atom. The molecule has 5 heteroatoms. The van der Waals surface area contributed by atoms with E-state index in [4.69, 9.17) is 0 Å². The molecule has 1 fully saturated rings. The number of fused-ring (bicyclic) bond motifs is 1. The molecular weight excluding hydrogens is 270 g/mol. The van der Waals surface area contributed by atoms with Gasteiger partial charge in [-0.2, -0.15) is 0 Å². The zero-order chi connectivity index (χ0) is 14.2. The number of anilines is 1. The fourth-order valence-corrected chi connectivity index (χ4v) is 4.74. The molecule has 1 aromatic heterocycles. The van der Waals surface area contributed by atoms with Gasteiger partial charge in [-0.25, -0.2) is 4.98 Å². The van der Waals surface area contributed by atoms with Crippen LogP contribution in [-0.4, -0.2) is 37.8 Å². The highest BCUT2D eigenvalue weighted by molar-refractivity contribution is 7.86. The predicted molar refractivity (Wildman–Crippen MR) is 84.6 cm³/mol. The number of hydrogen-bond acceptors (Lipinski definition) is 3. The lowest BCUT2D eigenvalue weighted by molar-refractivity contribution is 0.493. The first-order chi connectivity index (χ1) is 9.68. The summed E-state index contributed by atoms with van der Waals surface area (Å²) < 4.78 is 12.3. The molecule has 0 amide bonds. The Hall–Kier alpha value is -1.36. The van der Waals surface area contributed by atoms with Crippen molar-refractivity contribution in [3.05, 3.63) is 24.3 Å². The Bertz CT molecular complexity index is 600. The number of imidazole rings is 1. The molecule has 20 heavy (non-hydrogen) atoms. The van der Waals surface area contributed by atoms with Gasteiger partial charge in [0.25, 0.3) is 0 Å². The van der Waals surface area contributed by atoms with E-state index in [1.165, 1.54) is 0 Å². The summed E-state index contributed by atoms with van der Waals surface area (Å²) in [5.74, 6) is 1.65. The Kier molecular flexibility index (Phi) is 3.54. The molecule has 1 saturated heterocycles. The fraction of sp³-hybridized carbons (Fsp3) is 0.533. The summed E-state index contributed by atoms with van der Waals surface area (Å²) in [6, 6.07) is 8.07. The number of aromatic nitrogens is 2. The van der Waals surface area contributed by atoms with Gasteiger partial charge in [-0.3, -0.25) is 4.21 Å². The highest BCUT2D eigenvalue weighted by atomic mass is 32.2. The van der Waals surface area contributed by atoms with E-state index in [9.17, 15) is 4.21 Å². The number of hydrogen-bond donors (Lipinski definition) is 1. The first-order valence-corrected chi connectivity index (χ1v) is 8.58. The first kappa shape index (κ1) is 13.6. The lowest BCUT2D eigenvalue weighted by Crippen LogP contribution is -2.53. The predicted octanol–water partition coefficient (Wildman–Crippen LogP) is 2.69. The number of aromatic amines is 1. The highest BCUT2D eigenvalue weighted by Gasteiger charge is 2.39. The summed E-state index contributed by atoms with van der Waals surface area (Å²) in [5, 5.41) is 0. The van der Waals surface area contributed by atoms with E-state index in [0.717, 1.165) is 48.7 Å². The van der Waals surface area contributed by atoms with Crippen molar-refractivity contribution in [3.8, 4) is 0 Å². The van der Waals surface area contributed by atoms with Gasteiger partial charge in [0.05, 0.1) is 15.8 Å². The first-order valence-electron chi connectivity index (χ1n) is 7.26. The number of para-hydroxylation sites is 2. The number of nitrogens with one attached hydrogen (secondary N) is 1. The topological polar surface area (TPSA) is 49.0 Å². The Morgan fingerprint density at radius 2 is 2.10 bits per heavy atom. The van der Waals surface area contributed by atoms with Gasteiger partial charge in [0.1, 0.15) is 0 Å². The minimum Gasteiger partial charge on any atom is -0.340 e. The van der Waals surface area contributed by atoms with Crippen LogP contribution in [0.1, 0.15) is 26.7 Å². The van der Waals surface area contributed by atoms with Crippen molar-refractivity contribution < 1.29 is 4.21 Å². The van der Waals surface area contributed by atoms with Crippen molar-refractivity contribution in [2.75, 3.05) is 23.7 Å². The van der Waals surface area contributed by atoms with Gasteiger partial charge in [-0.1, -0.05) is 26.0 Å². The standard InChI is InChI=1S/C15H21N3OS/c1-3-15(4-2)11-18(9-10-20(15)19)14-16-12-7-5-6-8-13(12)17-14/h5-8H,3-4,9-11H2,1-2H3,(H,16,17). The van der Waals surface area contributed by atoms with Gasteiger partial charge in [0.15, 0.2) is 0 Å². The van der Waals surface area contributed by atoms with E-state index in [1.807, 2.05) is 24.3 Å². The van der Waals surface area contributed by atoms with E-state index >= 15 is 0 Å². The van der Waals surface area contributed by atoms with Crippen LogP contribution in [-0.2, 0) is 10.8 Å². The van der Waals surface area contributed by atoms with E-state index in [0.29, 0.717) is 0 Å². The molecule has 1 aliphatic heterocycles. The smallest absolute Gasteiger partial charge is 0.203 e. The third-order valence-corrected chi connectivity index (χ3v) is 6.70. The van der Waals surface area contributed by atoms with Crippen LogP contribution in [0.4, 0.5) is 5.95 Å². The van der Waals surface area contributed by atoms with Gasteiger partial charge >= 0.3 is 0 Å². The lowest BCUT2D eigenvalue weighted by Gasteiger charge is -2.41. The van der Waals surface area contributed by atoms with Crippen molar-refractivity contribution in [3.63, 3.8) is 0 Å². The minimum absolute atomic E-state index is 0.0861. The molecule has 0 saturated carbocycles. The number of rotatable bonds is 3. The van der Waals surface area contributed by atoms with Gasteiger partial charge in [-0.05, 0) is 25.0 Å². The Balaban J connectivity index is 1.92. The normalized spacial score (nSPS) is 22.3. The lowest BCUT2D eigenvalue weighted by atomic mass is 10.0. The molecule has 2 heterocycles. The average molecular weight is 291 g/mol. The third kappa shape index (κ3) is 2.14. The van der Waals surface area contributed by atoms with Crippen molar-refractivity contribution in [1.29, 1.82) is 0 Å². The van der Waals surface area contributed by atoms with Crippen LogP contribution < -0.4 is 4.90 Å². The molecule has 1 aliphatic rings. The molecule has 108 valence electrons. The highest BCUT2D eigenvalue weighted by Crippen LogP contribution is 2.30. The van der Waals surface area contributed by atoms with Gasteiger partial charge in [0, 0.05) is 29.6 Å². The molecule has 1 N–H and O–H groups in total. The van der Waals surface area contributed by atoms with Crippen molar-refractivity contribution >= 4 is 27.8 Å². The summed E-state index contributed by atoms with van der Waals surface area (Å²) in [6.45, 7) is 5.92. The molecule has 0 radical (unpaired) electrons. The maximum atomic E-state index is 12.4. The van der Waals surface area contributed by atoms with Crippen LogP contribution in [0, 0.1) is 0 Å². The zero-order valence-electron chi connectivity index (χ0n) is 12.1. The second kappa shape index (κ2) is 5.20. The quantitative estimate of drug-likeness (QED) is 0.946. The molecule has 2 aromatic rings. The van der Waals surface area contributed by atoms with E-state index in [-0.39, 0.29) is 4.75 Å². The van der Waals surface area contributed by atoms with Crippen molar-refractivity contribution in [2.45, 2.75) is 31.4 Å². The summed E-state index contributed by atoms with van der Waals surface area (Å²) in [5.41, 5.74) is 2.06. The number of nitrogens with zero attached hydrogens (tertiary/aromatic N) is 2. The molecule has 1 unspecified atom stereocenters. The maximum Gasteiger partial charge on any atom is 0.203 e. The largest absolute Gasteiger partial charge is 0.340 e. The number of benzene rings is 1. The second-order valence-electron chi connectivity index (χ2n) is 5.44. The fourth-order valence-electron chi connectivity index (χ4n) is 2.97. The summed E-state index contributed by atoms with van der Waals surface area (Å²) in [7, 11) is -0.732. The van der Waals surface area contributed by atoms with Gasteiger partial charge in [0.2, 0.25) is 5.95 Å². The molecule has 4 nitrogen and oxygen atoms in total. The summed E-state index contributed by atoms with van der Waals surface area (Å²) in [6.07, 6.45) is 1.90. The second-order valence-corrected chi connectivity index (χ2v) is 7.40. The van der Waals surface area contributed by atoms with E-state index in [2.05, 4.69) is 28.7 Å². The zero-order valence-corrected chi connectivity index (χ0v) is 12.9. The van der Waals surface area contributed by atoms with Crippen molar-refractivity contribution in [1.82, 2.24) is 9.97 Å². The van der Waals surface area contributed by atoms with Crippen molar-refractivity contribution in [2.24, 2.45) is 0 Å². The summed E-state index contributed by atoms with van der Waals surface area (Å²) in [4.78, 5) is 10.3. The molecule has 0 aliphatic carbocycles. The molecule has 0 spiro atoms. The van der Waals surface area contributed by atoms with Crippen LogP contribution in [0.15, 0.2) is 24.3 Å². The number of H-pyrrole nitrogens is 1. The molecule has 1 aromatic carbocycles. The van der Waals surface area contributed by atoms with Crippen LogP contribution >= 0.6 is 0 Å². The minimum atomic E-state index is -0.732. The monoisotopic (exact) mass is 291 g/mol. The maximum absolute atomic E-state index is 12.4. The average Bonchev–Trinajstić information content (AvgIpc) is 2.92. The molecule has 3 rings (SSSR count). The van der Waals surface area contributed by atoms with Gasteiger partial charge < -0.3 is 9.88 Å². The molecular formula is C15H21N3OS. The van der Waals surface area contributed by atoms with Crippen LogP contribution in [0.5, 0.6) is 0 Å². The van der Waals surface area contributed by atoms with E-state index < -0.39 is 10.8 Å². The van der Waals surface area contributed by atoms with Gasteiger partial charge in [-0.15, -0.1) is 0 Å². The van der Waals surface area contributed by atoms with Crippen LogP contribution in [0.2, 0.25) is 0 Å². The van der Waals surface area contributed by atoms with E-state index in [1.54, 1.807) is 0 Å². The Morgan fingerprint density at radius 1 is 1.35 bits per heavy atom. The molecule has 1 atom stereocenters.